The normalized spacial score (nSPS) is 10.3. The van der Waals surface area contributed by atoms with Crippen molar-refractivity contribution in [3.63, 3.8) is 0 Å². The molecule has 0 spiro atoms. The first-order valence-corrected chi connectivity index (χ1v) is 4.40. The summed E-state index contributed by atoms with van der Waals surface area (Å²) in [6, 6.07) is 3.10. The number of ether oxygens (including phenoxy) is 1. The second-order valence-electron chi connectivity index (χ2n) is 2.71. The predicted octanol–water partition coefficient (Wildman–Crippen LogP) is 1.92. The van der Waals surface area contributed by atoms with Gasteiger partial charge in [0.25, 0.3) is 0 Å². The van der Waals surface area contributed by atoms with E-state index in [0.29, 0.717) is 13.0 Å². The molecule has 14 heavy (non-hydrogen) atoms. The van der Waals surface area contributed by atoms with Gasteiger partial charge in [0, 0.05) is 0 Å². The van der Waals surface area contributed by atoms with Gasteiger partial charge >= 0.3 is 0 Å². The molecule has 1 aromatic carbocycles. The van der Waals surface area contributed by atoms with E-state index in [1.165, 1.54) is 13.2 Å². The molecular weight excluding hydrogens is 209 g/mol. The van der Waals surface area contributed by atoms with E-state index in [2.05, 4.69) is 4.84 Å². The van der Waals surface area contributed by atoms with E-state index >= 15 is 0 Å². The molecule has 0 heterocycles. The van der Waals surface area contributed by atoms with E-state index in [4.69, 9.17) is 22.2 Å². The highest BCUT2D eigenvalue weighted by molar-refractivity contribution is 6.30. The lowest BCUT2D eigenvalue weighted by Gasteiger charge is -2.06. The summed E-state index contributed by atoms with van der Waals surface area (Å²) in [6.07, 6.45) is 0.562. The summed E-state index contributed by atoms with van der Waals surface area (Å²) >= 11 is 5.65. The summed E-state index contributed by atoms with van der Waals surface area (Å²) in [4.78, 5) is 4.41. The molecule has 0 saturated carbocycles. The molecule has 0 bridgehead atoms. The molecule has 0 fully saturated rings. The quantitative estimate of drug-likeness (QED) is 0.787. The largest absolute Gasteiger partial charge is 0.494 e. The van der Waals surface area contributed by atoms with Crippen LogP contribution in [0.25, 0.3) is 0 Å². The Labute approximate surface area is 86.5 Å². The van der Waals surface area contributed by atoms with Crippen molar-refractivity contribution in [1.29, 1.82) is 0 Å². The fourth-order valence-electron chi connectivity index (χ4n) is 1.09. The molecular formula is C9H11ClFNO2. The van der Waals surface area contributed by atoms with Gasteiger partial charge in [0.15, 0.2) is 11.6 Å². The van der Waals surface area contributed by atoms with Gasteiger partial charge in [-0.3, -0.25) is 0 Å². The molecule has 0 aliphatic carbocycles. The number of nitrogens with two attached hydrogens (primary N) is 1. The van der Waals surface area contributed by atoms with Crippen LogP contribution in [0.1, 0.15) is 5.56 Å². The minimum atomic E-state index is -0.549. The van der Waals surface area contributed by atoms with Crippen molar-refractivity contribution in [3.8, 4) is 5.75 Å². The number of rotatable bonds is 4. The zero-order valence-corrected chi connectivity index (χ0v) is 8.47. The Bertz CT molecular complexity index is 320. The molecule has 78 valence electrons. The number of hydrogen-bond donors (Lipinski definition) is 1. The second-order valence-corrected chi connectivity index (χ2v) is 3.12. The Balaban J connectivity index is 2.91. The minimum absolute atomic E-state index is 0.0383. The SMILES string of the molecule is COc1cc(CCON)cc(Cl)c1F. The molecule has 5 heteroatoms. The van der Waals surface area contributed by atoms with Crippen molar-refractivity contribution in [2.24, 2.45) is 5.90 Å². The van der Waals surface area contributed by atoms with Gasteiger partial charge in [-0.05, 0) is 24.1 Å². The standard InChI is InChI=1S/C9H11ClFNO2/c1-13-8-5-6(2-3-14-12)4-7(10)9(8)11/h4-5H,2-3,12H2,1H3. The lowest BCUT2D eigenvalue weighted by Crippen LogP contribution is -2.04. The van der Waals surface area contributed by atoms with Gasteiger partial charge in [-0.2, -0.15) is 0 Å². The van der Waals surface area contributed by atoms with Gasteiger partial charge in [0.2, 0.25) is 0 Å². The molecule has 0 aromatic heterocycles. The topological polar surface area (TPSA) is 44.5 Å². The van der Waals surface area contributed by atoms with Crippen LogP contribution in [-0.4, -0.2) is 13.7 Å². The maximum atomic E-state index is 13.2. The van der Waals surface area contributed by atoms with Crippen LogP contribution in [-0.2, 0) is 11.3 Å². The van der Waals surface area contributed by atoms with E-state index in [0.717, 1.165) is 5.56 Å². The fourth-order valence-corrected chi connectivity index (χ4v) is 1.32. The Morgan fingerprint density at radius 1 is 1.50 bits per heavy atom. The van der Waals surface area contributed by atoms with Crippen molar-refractivity contribution in [2.75, 3.05) is 13.7 Å². The van der Waals surface area contributed by atoms with Crippen LogP contribution < -0.4 is 10.6 Å². The van der Waals surface area contributed by atoms with Crippen LogP contribution in [0.2, 0.25) is 5.02 Å². The molecule has 0 radical (unpaired) electrons. The average molecular weight is 220 g/mol. The molecule has 0 unspecified atom stereocenters. The highest BCUT2D eigenvalue weighted by Crippen LogP contribution is 2.26. The molecule has 0 aliphatic heterocycles. The van der Waals surface area contributed by atoms with Gasteiger partial charge in [-0.25, -0.2) is 10.3 Å². The zero-order valence-electron chi connectivity index (χ0n) is 7.72. The van der Waals surface area contributed by atoms with Gasteiger partial charge in [-0.1, -0.05) is 11.6 Å². The van der Waals surface area contributed by atoms with Crippen LogP contribution >= 0.6 is 11.6 Å². The molecule has 0 aliphatic rings. The molecule has 1 rings (SSSR count). The van der Waals surface area contributed by atoms with Crippen LogP contribution in [0, 0.1) is 5.82 Å². The maximum absolute atomic E-state index is 13.2. The van der Waals surface area contributed by atoms with Gasteiger partial charge in [-0.15, -0.1) is 0 Å². The Morgan fingerprint density at radius 2 is 2.21 bits per heavy atom. The predicted molar refractivity (Wildman–Crippen MR) is 51.8 cm³/mol. The molecule has 3 nitrogen and oxygen atoms in total. The summed E-state index contributed by atoms with van der Waals surface area (Å²) in [5.41, 5.74) is 0.818. The van der Waals surface area contributed by atoms with E-state index in [1.54, 1.807) is 6.07 Å². The van der Waals surface area contributed by atoms with E-state index < -0.39 is 5.82 Å². The van der Waals surface area contributed by atoms with Crippen molar-refractivity contribution in [1.82, 2.24) is 0 Å². The van der Waals surface area contributed by atoms with Crippen LogP contribution in [0.3, 0.4) is 0 Å². The highest BCUT2D eigenvalue weighted by atomic mass is 35.5. The van der Waals surface area contributed by atoms with Crippen LogP contribution in [0.5, 0.6) is 5.75 Å². The first-order chi connectivity index (χ1) is 6.69. The number of halogens is 2. The fraction of sp³-hybridized carbons (Fsp3) is 0.333. The smallest absolute Gasteiger partial charge is 0.183 e. The number of methoxy groups -OCH3 is 1. The van der Waals surface area contributed by atoms with Gasteiger partial charge in [0.1, 0.15) is 0 Å². The first kappa shape index (κ1) is 11.2. The maximum Gasteiger partial charge on any atom is 0.183 e. The monoisotopic (exact) mass is 219 g/mol. The molecule has 1 aromatic rings. The second kappa shape index (κ2) is 5.14. The number of benzene rings is 1. The lowest BCUT2D eigenvalue weighted by atomic mass is 10.1. The van der Waals surface area contributed by atoms with E-state index in [1.807, 2.05) is 0 Å². The lowest BCUT2D eigenvalue weighted by molar-refractivity contribution is 0.141. The van der Waals surface area contributed by atoms with Crippen LogP contribution in [0.4, 0.5) is 4.39 Å². The minimum Gasteiger partial charge on any atom is -0.494 e. The van der Waals surface area contributed by atoms with Gasteiger partial charge in [0.05, 0.1) is 18.7 Å². The third-order valence-corrected chi connectivity index (χ3v) is 2.06. The summed E-state index contributed by atoms with van der Waals surface area (Å²) in [7, 11) is 1.39. The van der Waals surface area contributed by atoms with Crippen molar-refractivity contribution >= 4 is 11.6 Å². The molecule has 0 saturated heterocycles. The Hall–Kier alpha value is -0.840. The molecule has 0 amide bonds. The molecule has 2 N–H and O–H groups in total. The molecule has 0 atom stereocenters. The highest BCUT2D eigenvalue weighted by Gasteiger charge is 2.09. The Kier molecular flexibility index (Phi) is 4.13. The third kappa shape index (κ3) is 2.57. The van der Waals surface area contributed by atoms with Crippen molar-refractivity contribution < 1.29 is 14.0 Å². The van der Waals surface area contributed by atoms with E-state index in [-0.39, 0.29) is 10.8 Å². The van der Waals surface area contributed by atoms with Crippen LogP contribution in [0.15, 0.2) is 12.1 Å². The summed E-state index contributed by atoms with van der Waals surface area (Å²) < 4.78 is 18.0. The summed E-state index contributed by atoms with van der Waals surface area (Å²) in [5.74, 6) is 4.46. The Morgan fingerprint density at radius 3 is 2.79 bits per heavy atom. The average Bonchev–Trinajstić information content (AvgIpc) is 2.19. The van der Waals surface area contributed by atoms with Crippen molar-refractivity contribution in [2.45, 2.75) is 6.42 Å². The zero-order chi connectivity index (χ0) is 10.6. The van der Waals surface area contributed by atoms with E-state index in [9.17, 15) is 4.39 Å². The van der Waals surface area contributed by atoms with Crippen molar-refractivity contribution in [3.05, 3.63) is 28.5 Å². The first-order valence-electron chi connectivity index (χ1n) is 4.02. The summed E-state index contributed by atoms with van der Waals surface area (Å²) in [6.45, 7) is 0.352. The third-order valence-electron chi connectivity index (χ3n) is 1.78. The number of hydrogen-bond acceptors (Lipinski definition) is 3. The summed E-state index contributed by atoms with van der Waals surface area (Å²) in [5, 5.41) is 0.0383. The van der Waals surface area contributed by atoms with Gasteiger partial charge < -0.3 is 9.57 Å².